The lowest BCUT2D eigenvalue weighted by molar-refractivity contribution is 0.282. The second-order valence-corrected chi connectivity index (χ2v) is 6.73. The van der Waals surface area contributed by atoms with Crippen LogP contribution in [0.1, 0.15) is 40.5 Å². The average molecular weight is 360 g/mol. The maximum Gasteiger partial charge on any atom is 0.119 e. The van der Waals surface area contributed by atoms with Crippen LogP contribution in [0.4, 0.5) is 0 Å². The minimum atomic E-state index is 0.244. The fourth-order valence-electron chi connectivity index (χ4n) is 2.32. The van der Waals surface area contributed by atoms with E-state index in [1.807, 2.05) is 19.9 Å². The number of benzene rings is 1. The van der Waals surface area contributed by atoms with Gasteiger partial charge in [-0.3, -0.25) is 0 Å². The van der Waals surface area contributed by atoms with Gasteiger partial charge in [0, 0.05) is 11.1 Å². The minimum absolute atomic E-state index is 0.244. The Balaban J connectivity index is 2.52. The van der Waals surface area contributed by atoms with Crippen molar-refractivity contribution in [3.05, 3.63) is 58.8 Å². The summed E-state index contributed by atoms with van der Waals surface area (Å²) >= 11 is 4.86. The van der Waals surface area contributed by atoms with Gasteiger partial charge < -0.3 is 15.6 Å². The third kappa shape index (κ3) is 8.03. The zero-order valence-corrected chi connectivity index (χ0v) is 16.4. The van der Waals surface area contributed by atoms with Gasteiger partial charge in [-0.05, 0) is 86.6 Å². The van der Waals surface area contributed by atoms with Crippen LogP contribution in [0.2, 0.25) is 0 Å². The standard InChI is InChI=1S/C21H29NO2S/c1-15(9-11-24-20-7-5-19(23)6-8-20)13-21(22)18(4)14-17(3)16(2)10-12-25/h5-8,10,12,14-15,23H,9,11,13,22H2,1-4H3. The van der Waals surface area contributed by atoms with E-state index in [2.05, 4.69) is 19.9 Å². The van der Waals surface area contributed by atoms with E-state index in [-0.39, 0.29) is 5.75 Å². The van der Waals surface area contributed by atoms with Crippen LogP contribution in [0.3, 0.4) is 0 Å². The predicted octanol–water partition coefficient (Wildman–Crippen LogP) is 5.31. The molecule has 0 fully saturated rings. The molecule has 25 heavy (non-hydrogen) atoms. The van der Waals surface area contributed by atoms with Crippen LogP contribution in [0.15, 0.2) is 58.8 Å². The van der Waals surface area contributed by atoms with Crippen molar-refractivity contribution >= 4 is 17.6 Å². The van der Waals surface area contributed by atoms with Crippen LogP contribution in [-0.2, 0) is 0 Å². The van der Waals surface area contributed by atoms with Crippen molar-refractivity contribution < 1.29 is 9.84 Å². The van der Waals surface area contributed by atoms with E-state index in [9.17, 15) is 5.11 Å². The van der Waals surface area contributed by atoms with E-state index >= 15 is 0 Å². The lowest BCUT2D eigenvalue weighted by Crippen LogP contribution is -2.10. The van der Waals surface area contributed by atoms with Crippen LogP contribution in [0.25, 0.3) is 0 Å². The molecule has 0 aromatic heterocycles. The molecule has 1 atom stereocenters. The number of phenols is 1. The summed E-state index contributed by atoms with van der Waals surface area (Å²) in [6.07, 6.45) is 5.79. The quantitative estimate of drug-likeness (QED) is 0.356. The van der Waals surface area contributed by atoms with Gasteiger partial charge in [-0.25, -0.2) is 0 Å². The average Bonchev–Trinajstić information content (AvgIpc) is 2.56. The van der Waals surface area contributed by atoms with Crippen LogP contribution in [0, 0.1) is 5.92 Å². The smallest absolute Gasteiger partial charge is 0.119 e. The normalized spacial score (nSPS) is 14.7. The number of aromatic hydroxyl groups is 1. The number of rotatable bonds is 9. The number of hydrogen-bond acceptors (Lipinski definition) is 4. The maximum absolute atomic E-state index is 9.26. The summed E-state index contributed by atoms with van der Waals surface area (Å²) in [5.41, 5.74) is 10.6. The summed E-state index contributed by atoms with van der Waals surface area (Å²) in [7, 11) is 0. The molecule has 4 heteroatoms. The van der Waals surface area contributed by atoms with Crippen molar-refractivity contribution in [2.75, 3.05) is 6.61 Å². The van der Waals surface area contributed by atoms with Crippen LogP contribution in [0.5, 0.6) is 11.5 Å². The molecule has 1 aromatic carbocycles. The molecule has 0 heterocycles. The van der Waals surface area contributed by atoms with Crippen LogP contribution < -0.4 is 10.5 Å². The highest BCUT2D eigenvalue weighted by Gasteiger charge is 2.07. The Morgan fingerprint density at radius 2 is 1.84 bits per heavy atom. The molecule has 1 unspecified atom stereocenters. The molecule has 1 rings (SSSR count). The predicted molar refractivity (Wildman–Crippen MR) is 110 cm³/mol. The van der Waals surface area contributed by atoms with Gasteiger partial charge in [0.25, 0.3) is 0 Å². The maximum atomic E-state index is 9.26. The first-order valence-corrected chi connectivity index (χ1v) is 8.98. The molecule has 0 bridgehead atoms. The van der Waals surface area contributed by atoms with Gasteiger partial charge in [0.05, 0.1) is 6.61 Å². The topological polar surface area (TPSA) is 55.5 Å². The fraction of sp³-hybridized carbons (Fsp3) is 0.381. The van der Waals surface area contributed by atoms with E-state index in [0.717, 1.165) is 35.4 Å². The Morgan fingerprint density at radius 1 is 1.20 bits per heavy atom. The number of thiocarbonyl (C=S) groups is 1. The molecule has 3 nitrogen and oxygen atoms in total. The first-order chi connectivity index (χ1) is 11.8. The summed E-state index contributed by atoms with van der Waals surface area (Å²) in [5, 5.41) is 10.9. The third-order valence-electron chi connectivity index (χ3n) is 4.16. The zero-order valence-electron chi connectivity index (χ0n) is 15.6. The van der Waals surface area contributed by atoms with Gasteiger partial charge in [-0.2, -0.15) is 0 Å². The summed E-state index contributed by atoms with van der Waals surface area (Å²) < 4.78 is 5.70. The molecule has 1 aromatic rings. The van der Waals surface area contributed by atoms with Gasteiger partial charge >= 0.3 is 0 Å². The molecule has 136 valence electrons. The molecule has 0 radical (unpaired) electrons. The molecular formula is C21H29NO2S. The van der Waals surface area contributed by atoms with E-state index in [0.29, 0.717) is 12.5 Å². The molecular weight excluding hydrogens is 330 g/mol. The fourth-order valence-corrected chi connectivity index (χ4v) is 2.53. The van der Waals surface area contributed by atoms with Gasteiger partial charge in [-0.15, -0.1) is 0 Å². The highest BCUT2D eigenvalue weighted by Crippen LogP contribution is 2.20. The molecule has 3 N–H and O–H groups in total. The van der Waals surface area contributed by atoms with Crippen molar-refractivity contribution in [3.63, 3.8) is 0 Å². The Hall–Kier alpha value is -2.07. The van der Waals surface area contributed by atoms with Gasteiger partial charge in [0.15, 0.2) is 0 Å². The lowest BCUT2D eigenvalue weighted by atomic mass is 9.98. The van der Waals surface area contributed by atoms with Crippen molar-refractivity contribution in [2.45, 2.75) is 40.5 Å². The second-order valence-electron chi connectivity index (χ2n) is 6.46. The lowest BCUT2D eigenvalue weighted by Gasteiger charge is -2.14. The summed E-state index contributed by atoms with van der Waals surface area (Å²) in [4.78, 5) is 0. The number of ether oxygens (including phenoxy) is 1. The second kappa shape index (κ2) is 10.7. The highest BCUT2D eigenvalue weighted by atomic mass is 32.1. The van der Waals surface area contributed by atoms with Crippen molar-refractivity contribution in [1.29, 1.82) is 0 Å². The molecule has 0 amide bonds. The summed E-state index contributed by atoms with van der Waals surface area (Å²) in [6, 6.07) is 6.78. The van der Waals surface area contributed by atoms with E-state index in [1.54, 1.807) is 29.6 Å². The first-order valence-electron chi connectivity index (χ1n) is 8.51. The first kappa shape index (κ1) is 21.0. The summed E-state index contributed by atoms with van der Waals surface area (Å²) in [6.45, 7) is 8.96. The Labute approximate surface area is 156 Å². The monoisotopic (exact) mass is 359 g/mol. The van der Waals surface area contributed by atoms with E-state index in [4.69, 9.17) is 22.7 Å². The number of nitrogens with two attached hydrogens (primary N) is 1. The number of phenolic OH excluding ortho intramolecular Hbond substituents is 1. The molecule has 0 spiro atoms. The minimum Gasteiger partial charge on any atom is -0.508 e. The summed E-state index contributed by atoms with van der Waals surface area (Å²) in [5.74, 6) is 1.44. The Bertz CT molecular complexity index is 657. The third-order valence-corrected chi connectivity index (χ3v) is 4.30. The van der Waals surface area contributed by atoms with Crippen molar-refractivity contribution in [1.82, 2.24) is 0 Å². The SMILES string of the molecule is CC(=CC=S)C(C)=CC(C)=C(N)CC(C)CCOc1ccc(O)cc1. The largest absolute Gasteiger partial charge is 0.508 e. The van der Waals surface area contributed by atoms with Crippen LogP contribution >= 0.6 is 12.2 Å². The number of allylic oxidation sites excluding steroid dienone is 6. The zero-order chi connectivity index (χ0) is 18.8. The van der Waals surface area contributed by atoms with Crippen molar-refractivity contribution in [3.8, 4) is 11.5 Å². The van der Waals surface area contributed by atoms with Gasteiger partial charge in [0.2, 0.25) is 0 Å². The molecule has 0 saturated heterocycles. The van der Waals surface area contributed by atoms with Crippen molar-refractivity contribution in [2.24, 2.45) is 11.7 Å². The molecule has 0 saturated carbocycles. The van der Waals surface area contributed by atoms with Gasteiger partial charge in [0.1, 0.15) is 11.5 Å². The van der Waals surface area contributed by atoms with E-state index in [1.165, 1.54) is 5.57 Å². The van der Waals surface area contributed by atoms with E-state index < -0.39 is 0 Å². The number of hydrogen-bond donors (Lipinski definition) is 2. The highest BCUT2D eigenvalue weighted by molar-refractivity contribution is 7.79. The van der Waals surface area contributed by atoms with Crippen LogP contribution in [-0.4, -0.2) is 17.1 Å². The Kier molecular flexibility index (Phi) is 9.00. The molecule has 0 aliphatic heterocycles. The Morgan fingerprint density at radius 3 is 2.44 bits per heavy atom. The van der Waals surface area contributed by atoms with Gasteiger partial charge in [-0.1, -0.05) is 25.2 Å². The molecule has 0 aliphatic carbocycles. The molecule has 0 aliphatic rings.